The van der Waals surface area contributed by atoms with Gasteiger partial charge in [0.25, 0.3) is 11.8 Å². The van der Waals surface area contributed by atoms with E-state index in [2.05, 4.69) is 52.1 Å². The number of benzene rings is 4. The summed E-state index contributed by atoms with van der Waals surface area (Å²) in [5.74, 6) is -0.849. The quantitative estimate of drug-likeness (QED) is 0.0632. The van der Waals surface area contributed by atoms with Gasteiger partial charge in [-0.3, -0.25) is 9.59 Å². The van der Waals surface area contributed by atoms with Crippen LogP contribution in [0.4, 0.5) is 30.6 Å². The maximum absolute atomic E-state index is 13.5. The summed E-state index contributed by atoms with van der Waals surface area (Å²) < 4.78 is 20.9. The van der Waals surface area contributed by atoms with Gasteiger partial charge < -0.3 is 40.6 Å². The lowest BCUT2D eigenvalue weighted by molar-refractivity contribution is -0.120. The molecule has 4 amide bonds. The summed E-state index contributed by atoms with van der Waals surface area (Å²) in [6, 6.07) is 31.0. The van der Waals surface area contributed by atoms with Gasteiger partial charge in [-0.2, -0.15) is 19.6 Å². The zero-order valence-electron chi connectivity index (χ0n) is 48.9. The van der Waals surface area contributed by atoms with E-state index in [4.69, 9.17) is 14.2 Å². The largest absolute Gasteiger partial charge is 0.463 e. The smallest absolute Gasteiger partial charge is 0.435 e. The van der Waals surface area contributed by atoms with E-state index in [1.54, 1.807) is 136 Å². The molecule has 0 radical (unpaired) electrons. The lowest BCUT2D eigenvalue weighted by Gasteiger charge is -2.22. The molecule has 4 aromatic carbocycles. The summed E-state index contributed by atoms with van der Waals surface area (Å²) in [6.45, 7) is 21.6. The molecule has 5 N–H and O–H groups in total. The van der Waals surface area contributed by atoms with Crippen molar-refractivity contribution in [3.05, 3.63) is 146 Å². The average molecular weight is 1150 g/mol. The van der Waals surface area contributed by atoms with E-state index in [0.717, 1.165) is 31.6 Å². The number of anilines is 2. The third-order valence-corrected chi connectivity index (χ3v) is 11.8. The molecule has 0 spiro atoms. The molecule has 0 aliphatic heterocycles. The number of nitrogens with zero attached hydrogens (tertiary/aromatic N) is 10. The van der Waals surface area contributed by atoms with E-state index in [-0.39, 0.29) is 13.1 Å². The van der Waals surface area contributed by atoms with Crippen LogP contribution in [0.15, 0.2) is 140 Å². The highest BCUT2D eigenvalue weighted by atomic mass is 16.6. The van der Waals surface area contributed by atoms with Gasteiger partial charge in [0.1, 0.15) is 40.3 Å². The highest BCUT2D eigenvalue weighted by molar-refractivity contribution is 5.95. The normalized spacial score (nSPS) is 12.4. The van der Waals surface area contributed by atoms with Crippen LogP contribution in [0.1, 0.15) is 101 Å². The summed E-state index contributed by atoms with van der Waals surface area (Å²) in [5.41, 5.74) is 4.97. The van der Waals surface area contributed by atoms with Crippen molar-refractivity contribution in [1.29, 1.82) is 0 Å². The number of nitrogens with one attached hydrogen (secondary N) is 4. The molecule has 0 aliphatic carbocycles. The first-order valence-corrected chi connectivity index (χ1v) is 26.8. The van der Waals surface area contributed by atoms with Crippen LogP contribution < -0.4 is 21.3 Å². The number of hydrogen-bond donors (Lipinski definition) is 5. The van der Waals surface area contributed by atoms with E-state index in [9.17, 15) is 33.9 Å². The van der Waals surface area contributed by atoms with E-state index >= 15 is 0 Å². The van der Waals surface area contributed by atoms with Crippen LogP contribution >= 0.6 is 0 Å². The van der Waals surface area contributed by atoms with Crippen molar-refractivity contribution in [3.63, 3.8) is 0 Å². The third kappa shape index (κ3) is 17.5. The van der Waals surface area contributed by atoms with Crippen LogP contribution in [0, 0.1) is 0 Å². The highest BCUT2D eigenvalue weighted by Gasteiger charge is 2.29. The van der Waals surface area contributed by atoms with Gasteiger partial charge in [0.15, 0.2) is 0 Å². The molecule has 2 unspecified atom stereocenters. The van der Waals surface area contributed by atoms with Gasteiger partial charge in [0.05, 0.1) is 37.4 Å². The van der Waals surface area contributed by atoms with Gasteiger partial charge in [-0.25, -0.2) is 28.5 Å². The van der Waals surface area contributed by atoms with Crippen LogP contribution in [-0.2, 0) is 29.2 Å². The van der Waals surface area contributed by atoms with Crippen molar-refractivity contribution < 1.29 is 48.1 Å². The third-order valence-electron chi connectivity index (χ3n) is 11.8. The maximum Gasteiger partial charge on any atom is 0.435 e. The zero-order valence-corrected chi connectivity index (χ0v) is 48.9. The summed E-state index contributed by atoms with van der Waals surface area (Å²) in [6.07, 6.45) is 4.85. The Morgan fingerprint density at radius 2 is 0.929 bits per heavy atom. The second-order valence-electron chi connectivity index (χ2n) is 23.4. The minimum Gasteiger partial charge on any atom is -0.463 e. The van der Waals surface area contributed by atoms with Crippen LogP contribution in [0.5, 0.6) is 0 Å². The predicted molar refractivity (Wildman–Crippen MR) is 314 cm³/mol. The molecule has 24 heteroatoms. The van der Waals surface area contributed by atoms with Gasteiger partial charge in [-0.05, 0) is 97.7 Å². The first-order chi connectivity index (χ1) is 39.5. The molecule has 440 valence electrons. The molecular formula is C60H70N14O10. The highest BCUT2D eigenvalue weighted by Crippen LogP contribution is 2.33. The molecule has 24 nitrogen and oxygen atoms in total. The Morgan fingerprint density at radius 1 is 0.500 bits per heavy atom. The summed E-state index contributed by atoms with van der Waals surface area (Å²) in [5, 5.41) is 45.6. The van der Waals surface area contributed by atoms with Crippen LogP contribution in [0.3, 0.4) is 0 Å². The number of carbonyl (C=O) groups excluding carboxylic acids is 5. The number of carbonyl (C=O) groups is 6. The van der Waals surface area contributed by atoms with Crippen molar-refractivity contribution in [3.8, 4) is 44.8 Å². The summed E-state index contributed by atoms with van der Waals surface area (Å²) >= 11 is 0. The van der Waals surface area contributed by atoms with Crippen molar-refractivity contribution in [2.24, 2.45) is 0 Å². The number of carboxylic acid groups (broad SMARTS) is 1. The molecule has 0 bridgehead atoms. The molecule has 0 aliphatic rings. The fourth-order valence-electron chi connectivity index (χ4n) is 7.99. The Morgan fingerprint density at radius 3 is 1.33 bits per heavy atom. The lowest BCUT2D eigenvalue weighted by Crippen LogP contribution is -2.40. The number of alkyl carbamates (subject to hydrolysis) is 2. The van der Waals surface area contributed by atoms with Crippen molar-refractivity contribution >= 4 is 47.6 Å². The zero-order chi connectivity index (χ0) is 61.1. The van der Waals surface area contributed by atoms with Crippen LogP contribution in [0.2, 0.25) is 0 Å². The Hall–Kier alpha value is -10.0. The summed E-state index contributed by atoms with van der Waals surface area (Å²) in [4.78, 5) is 75.5. The second kappa shape index (κ2) is 25.8. The Labute approximate surface area is 485 Å². The van der Waals surface area contributed by atoms with E-state index in [1.807, 2.05) is 81.4 Å². The van der Waals surface area contributed by atoms with Crippen LogP contribution in [0.25, 0.3) is 44.8 Å². The topological polar surface area (TPSA) is 296 Å². The SMILES string of the molecule is CC(C)(C)OC(=O)NCC(C(=O)Nc1ccc(-c2cn(C(=O)O)nc2C(C)(C)C)cc1)n1cc(-c2ccccc2)nn1.CC(C)(C)OC(=O)NCC(C(=O)Nc1ccc(-c2cnn(C(=O)OC(C)(C)C)c2)cc1)n1cc(-c2ccccc2)nn1. The Balaban J connectivity index is 0.000000241. The molecule has 0 saturated carbocycles. The first-order valence-electron chi connectivity index (χ1n) is 26.8. The molecule has 0 saturated heterocycles. The van der Waals surface area contributed by atoms with Gasteiger partial charge in [-0.15, -0.1) is 10.2 Å². The number of rotatable bonds is 14. The van der Waals surface area contributed by atoms with E-state index < -0.39 is 70.5 Å². The molecular weight excluding hydrogens is 1080 g/mol. The number of hydrogen-bond acceptors (Lipinski definition) is 15. The standard InChI is InChI=1S/2C30H35N7O5/c1-29(2,3)41-27(39)31-17-25(36-19-24(34-35-36)21-10-8-7-9-11-21)26(38)33-23-14-12-20(13-15-23)22-16-32-37(18-22)28(40)42-30(4,5)6;1-29(2,3)25-22(17-37(34-25)28(40)41)19-12-14-21(15-13-19)32-26(38)24(16-31-27(39)42-30(4,5)6)36-18-23(33-35-36)20-10-8-7-9-11-20/h7-16,18-19,25H,17H2,1-6H3,(H,31,39)(H,33,38);7-15,17-18,24H,16H2,1-6H3,(H,31,39)(H,32,38)(H,40,41). The lowest BCUT2D eigenvalue weighted by atomic mass is 9.87. The monoisotopic (exact) mass is 1150 g/mol. The first kappa shape index (κ1) is 61.6. The fourth-order valence-corrected chi connectivity index (χ4v) is 7.99. The van der Waals surface area contributed by atoms with Gasteiger partial charge >= 0.3 is 24.4 Å². The van der Waals surface area contributed by atoms with Crippen LogP contribution in [-0.4, -0.2) is 121 Å². The molecule has 2 atom stereocenters. The molecule has 4 aromatic heterocycles. The van der Waals surface area contributed by atoms with Crippen molar-refractivity contribution in [2.45, 2.75) is 117 Å². The summed E-state index contributed by atoms with van der Waals surface area (Å²) in [7, 11) is 0. The van der Waals surface area contributed by atoms with Crippen molar-refractivity contribution in [2.75, 3.05) is 23.7 Å². The van der Waals surface area contributed by atoms with E-state index in [0.29, 0.717) is 39.6 Å². The molecule has 4 heterocycles. The minimum absolute atomic E-state index is 0.0831. The number of ether oxygens (including phenoxy) is 3. The van der Waals surface area contributed by atoms with E-state index in [1.165, 1.54) is 15.6 Å². The Bertz CT molecular complexity index is 3560. The van der Waals surface area contributed by atoms with Crippen molar-refractivity contribution in [1.82, 2.24) is 60.2 Å². The minimum atomic E-state index is -1.18. The number of amides is 4. The average Bonchev–Trinajstić information content (AvgIpc) is 3.22. The molecule has 0 fully saturated rings. The van der Waals surface area contributed by atoms with Gasteiger partial charge in [0, 0.05) is 51.4 Å². The molecule has 8 rings (SSSR count). The van der Waals surface area contributed by atoms with Gasteiger partial charge in [0.2, 0.25) is 0 Å². The maximum atomic E-state index is 13.5. The van der Waals surface area contributed by atoms with Gasteiger partial charge in [-0.1, -0.05) is 116 Å². The predicted octanol–water partition coefficient (Wildman–Crippen LogP) is 10.6. The molecule has 8 aromatic rings. The molecule has 84 heavy (non-hydrogen) atoms. The second-order valence-corrected chi connectivity index (χ2v) is 23.4. The number of aromatic nitrogens is 10. The Kier molecular flexibility index (Phi) is 19.0. The fraction of sp³-hybridized carbons (Fsp3) is 0.333.